The van der Waals surface area contributed by atoms with Crippen LogP contribution in [0.1, 0.15) is 59.3 Å². The van der Waals surface area contributed by atoms with Gasteiger partial charge in [-0.25, -0.2) is 9.59 Å². The minimum atomic E-state index is -4.99. The molecule has 13 heteroatoms. The summed E-state index contributed by atoms with van der Waals surface area (Å²) in [6.45, 7) is 3.47. The van der Waals surface area contributed by atoms with Gasteiger partial charge in [0.25, 0.3) is 0 Å². The van der Waals surface area contributed by atoms with E-state index in [2.05, 4.69) is 5.32 Å². The fourth-order valence-electron chi connectivity index (χ4n) is 5.15. The quantitative estimate of drug-likeness (QED) is 0.0835. The Kier molecular flexibility index (Phi) is 11.7. The molecule has 0 unspecified atom stereocenters. The summed E-state index contributed by atoms with van der Waals surface area (Å²) in [7, 11) is 0. The van der Waals surface area contributed by atoms with Crippen molar-refractivity contribution in [3.63, 3.8) is 0 Å². The molecule has 0 aliphatic heterocycles. The number of ether oxygens (including phenoxy) is 2. The minimum Gasteiger partial charge on any atom is -0.489 e. The van der Waals surface area contributed by atoms with Gasteiger partial charge in [-0.05, 0) is 79.3 Å². The fourth-order valence-corrected chi connectivity index (χ4v) is 5.15. The lowest BCUT2D eigenvalue weighted by atomic mass is 9.93. The summed E-state index contributed by atoms with van der Waals surface area (Å²) in [6, 6.07) is 22.3. The van der Waals surface area contributed by atoms with Crippen LogP contribution >= 0.6 is 0 Å². The molecule has 50 heavy (non-hydrogen) atoms. The van der Waals surface area contributed by atoms with Gasteiger partial charge in [0.15, 0.2) is 0 Å². The van der Waals surface area contributed by atoms with Crippen LogP contribution in [0.5, 0.6) is 5.75 Å². The summed E-state index contributed by atoms with van der Waals surface area (Å²) in [4.78, 5) is 37.4. The highest BCUT2D eigenvalue weighted by Crippen LogP contribution is 2.38. The van der Waals surface area contributed by atoms with E-state index in [0.717, 1.165) is 5.56 Å². The summed E-state index contributed by atoms with van der Waals surface area (Å²) in [5.41, 5.74) is 4.67. The van der Waals surface area contributed by atoms with Crippen molar-refractivity contribution in [1.82, 2.24) is 5.32 Å². The van der Waals surface area contributed by atoms with Gasteiger partial charge in [0.2, 0.25) is 5.91 Å². The lowest BCUT2D eigenvalue weighted by molar-refractivity contribution is -0.144. The van der Waals surface area contributed by atoms with Gasteiger partial charge >= 0.3 is 24.3 Å². The van der Waals surface area contributed by atoms with E-state index < -0.39 is 58.7 Å². The molecule has 4 aromatic carbocycles. The first-order valence-corrected chi connectivity index (χ1v) is 15.4. The molecular weight excluding hydrogens is 666 g/mol. The number of carbonyl (C=O) groups is 3. The van der Waals surface area contributed by atoms with E-state index >= 15 is 0 Å². The highest BCUT2D eigenvalue weighted by molar-refractivity contribution is 5.98. The van der Waals surface area contributed by atoms with E-state index in [-0.39, 0.29) is 31.1 Å². The average Bonchev–Trinajstić information content (AvgIpc) is 3.05. The Bertz CT molecular complexity index is 1760. The monoisotopic (exact) mass is 700 g/mol. The number of benzene rings is 4. The molecule has 0 bridgehead atoms. The molecule has 0 aliphatic rings. The van der Waals surface area contributed by atoms with Gasteiger partial charge in [0.1, 0.15) is 18.4 Å². The van der Waals surface area contributed by atoms with Gasteiger partial charge in [-0.1, -0.05) is 66.7 Å². The largest absolute Gasteiger partial charge is 0.489 e. The molecule has 0 heterocycles. The van der Waals surface area contributed by atoms with Crippen LogP contribution in [0, 0.1) is 0 Å². The van der Waals surface area contributed by atoms with E-state index in [0.29, 0.717) is 35.2 Å². The highest BCUT2D eigenvalue weighted by atomic mass is 19.4. The fraction of sp³-hybridized carbons (Fsp3) is 0.270. The summed E-state index contributed by atoms with van der Waals surface area (Å²) >= 11 is 0. The van der Waals surface area contributed by atoms with Crippen molar-refractivity contribution in [2.24, 2.45) is 5.73 Å². The van der Waals surface area contributed by atoms with Crippen LogP contribution < -0.4 is 15.8 Å². The van der Waals surface area contributed by atoms with Gasteiger partial charge in [-0.15, -0.1) is 0 Å². The molecule has 1 atom stereocenters. The van der Waals surface area contributed by atoms with E-state index in [1.165, 1.54) is 12.1 Å². The Morgan fingerprint density at radius 3 is 1.80 bits per heavy atom. The second-order valence-corrected chi connectivity index (χ2v) is 12.3. The number of nitrogens with two attached hydrogens (primary N) is 1. The van der Waals surface area contributed by atoms with E-state index in [1.807, 2.05) is 44.2 Å². The first-order valence-electron chi connectivity index (χ1n) is 15.4. The molecule has 0 radical (unpaired) electrons. The standard InChI is InChI=1S/C37H34F6N2O5/c1-35(2,21-23-6-4-3-5-7-23)45-31(16-17-32(44)46)34(48)50-33(47)27-14-12-26(13-15-27)25-10-8-24(9-11-25)22-49-30-19-28(36(38,39)40)18-29(20-30)37(41,42)43/h3-15,18-20,31,45H,16-17,21-22H2,1-2H3,(H2,44,46)/t31-/m0/s1. The first kappa shape index (κ1) is 37.6. The third-order valence-electron chi connectivity index (χ3n) is 7.59. The number of halogens is 6. The summed E-state index contributed by atoms with van der Waals surface area (Å²) in [5.74, 6) is -2.95. The predicted molar refractivity (Wildman–Crippen MR) is 173 cm³/mol. The SMILES string of the molecule is CC(C)(Cc1ccccc1)N[C@@H](CCC(N)=O)C(=O)OC(=O)c1ccc(-c2ccc(COc3cc(C(F)(F)F)cc(C(F)(F)F)c3)cc2)cc1. The third kappa shape index (κ3) is 10.9. The molecule has 1 amide bonds. The summed E-state index contributed by atoms with van der Waals surface area (Å²) in [5, 5.41) is 3.19. The number of hydrogen-bond donors (Lipinski definition) is 2. The molecule has 3 N–H and O–H groups in total. The van der Waals surface area contributed by atoms with Crippen molar-refractivity contribution < 1.29 is 50.2 Å². The van der Waals surface area contributed by atoms with Gasteiger partial charge in [-0.3, -0.25) is 10.1 Å². The molecular formula is C37H34F6N2O5. The van der Waals surface area contributed by atoms with Gasteiger partial charge in [0.05, 0.1) is 16.7 Å². The van der Waals surface area contributed by atoms with Crippen LogP contribution in [-0.2, 0) is 39.7 Å². The lowest BCUT2D eigenvalue weighted by Gasteiger charge is -2.31. The van der Waals surface area contributed by atoms with E-state index in [9.17, 15) is 40.7 Å². The molecule has 4 rings (SSSR count). The Labute approximate surface area is 284 Å². The molecule has 7 nitrogen and oxygen atoms in total. The Morgan fingerprint density at radius 1 is 0.740 bits per heavy atom. The number of amides is 1. The van der Waals surface area contributed by atoms with Crippen molar-refractivity contribution in [2.45, 2.75) is 63.7 Å². The molecule has 0 aromatic heterocycles. The molecule has 0 fully saturated rings. The average molecular weight is 701 g/mol. The van der Waals surface area contributed by atoms with Crippen molar-refractivity contribution in [3.8, 4) is 16.9 Å². The summed E-state index contributed by atoms with van der Waals surface area (Å²) < 4.78 is 89.3. The Morgan fingerprint density at radius 2 is 1.28 bits per heavy atom. The van der Waals surface area contributed by atoms with Crippen molar-refractivity contribution in [2.75, 3.05) is 0 Å². The van der Waals surface area contributed by atoms with Crippen LogP contribution in [-0.4, -0.2) is 29.4 Å². The van der Waals surface area contributed by atoms with Crippen LogP contribution in [0.3, 0.4) is 0 Å². The maximum absolute atomic E-state index is 13.1. The third-order valence-corrected chi connectivity index (χ3v) is 7.59. The van der Waals surface area contributed by atoms with Crippen molar-refractivity contribution >= 4 is 17.8 Å². The lowest BCUT2D eigenvalue weighted by Crippen LogP contribution is -2.51. The number of esters is 2. The van der Waals surface area contributed by atoms with Crippen LogP contribution in [0.25, 0.3) is 11.1 Å². The molecule has 0 saturated carbocycles. The molecule has 0 spiro atoms. The Balaban J connectivity index is 1.38. The zero-order valence-electron chi connectivity index (χ0n) is 27.0. The van der Waals surface area contributed by atoms with E-state index in [1.54, 1.807) is 36.4 Å². The maximum atomic E-state index is 13.1. The molecule has 0 aliphatic carbocycles. The first-order chi connectivity index (χ1) is 23.4. The zero-order chi connectivity index (χ0) is 36.7. The van der Waals surface area contributed by atoms with Crippen LogP contribution in [0.4, 0.5) is 26.3 Å². The van der Waals surface area contributed by atoms with Gasteiger partial charge < -0.3 is 15.2 Å². The van der Waals surface area contributed by atoms with Crippen LogP contribution in [0.2, 0.25) is 0 Å². The Hall–Kier alpha value is -5.17. The van der Waals surface area contributed by atoms with Gasteiger partial charge in [-0.2, -0.15) is 26.3 Å². The van der Waals surface area contributed by atoms with Crippen LogP contribution in [0.15, 0.2) is 97.1 Å². The molecule has 0 saturated heterocycles. The molecule has 4 aromatic rings. The van der Waals surface area contributed by atoms with Crippen molar-refractivity contribution in [1.29, 1.82) is 0 Å². The minimum absolute atomic E-state index is 0.0220. The van der Waals surface area contributed by atoms with Crippen molar-refractivity contribution in [3.05, 3.63) is 125 Å². The van der Waals surface area contributed by atoms with E-state index in [4.69, 9.17) is 15.2 Å². The number of carbonyl (C=O) groups excluding carboxylic acids is 3. The second kappa shape index (κ2) is 15.6. The smallest absolute Gasteiger partial charge is 0.416 e. The number of alkyl halides is 6. The number of hydrogen-bond acceptors (Lipinski definition) is 6. The second-order valence-electron chi connectivity index (χ2n) is 12.3. The zero-order valence-corrected chi connectivity index (χ0v) is 27.0. The topological polar surface area (TPSA) is 108 Å². The normalized spacial score (nSPS) is 12.6. The van der Waals surface area contributed by atoms with Gasteiger partial charge in [0, 0.05) is 12.0 Å². The highest BCUT2D eigenvalue weighted by Gasteiger charge is 2.37. The predicted octanol–water partition coefficient (Wildman–Crippen LogP) is 7.90. The summed E-state index contributed by atoms with van der Waals surface area (Å²) in [6.07, 6.45) is -9.51. The number of primary amides is 1. The maximum Gasteiger partial charge on any atom is 0.416 e. The molecule has 264 valence electrons. The number of rotatable bonds is 13. The number of nitrogens with one attached hydrogen (secondary N) is 1.